The zero-order valence-electron chi connectivity index (χ0n) is 15.4. The number of thioether (sulfide) groups is 1. The average molecular weight is 417 g/mol. The lowest BCUT2D eigenvalue weighted by Gasteiger charge is -2.21. The zero-order chi connectivity index (χ0) is 20.9. The molecule has 1 saturated heterocycles. The van der Waals surface area contributed by atoms with E-state index >= 15 is 0 Å². The van der Waals surface area contributed by atoms with Crippen molar-refractivity contribution in [1.82, 2.24) is 4.90 Å². The van der Waals surface area contributed by atoms with Gasteiger partial charge in [0.1, 0.15) is 6.04 Å². The number of carbonyl (C=O) groups is 3. The SMILES string of the molecule is CC(=O)SCCCC(=O)N1C[C@@H](Cc2cccc(C(F)(F)F)c2)C[C@H]1C(=O)O. The van der Waals surface area contributed by atoms with Gasteiger partial charge in [0.2, 0.25) is 5.91 Å². The van der Waals surface area contributed by atoms with Gasteiger partial charge < -0.3 is 10.0 Å². The minimum atomic E-state index is -4.44. The van der Waals surface area contributed by atoms with Crippen molar-refractivity contribution in [1.29, 1.82) is 0 Å². The molecule has 1 aliphatic rings. The van der Waals surface area contributed by atoms with E-state index in [1.54, 1.807) is 6.07 Å². The standard InChI is InChI=1S/C19H22F3NO4S/c1-12(24)28-7-3-6-17(25)23-11-14(10-16(23)18(26)27)8-13-4-2-5-15(9-13)19(20,21)22/h2,4-5,9,14,16H,3,6-8,10-11H2,1H3,(H,26,27)/t14-,16-/m0/s1. The smallest absolute Gasteiger partial charge is 0.416 e. The van der Waals surface area contributed by atoms with Gasteiger partial charge >= 0.3 is 12.1 Å². The molecule has 0 unspecified atom stereocenters. The van der Waals surface area contributed by atoms with Crippen LogP contribution < -0.4 is 0 Å². The second-order valence-electron chi connectivity index (χ2n) is 6.85. The number of hydrogen-bond acceptors (Lipinski definition) is 4. The number of amides is 1. The molecule has 0 radical (unpaired) electrons. The molecule has 1 aromatic rings. The highest BCUT2D eigenvalue weighted by Crippen LogP contribution is 2.32. The fourth-order valence-electron chi connectivity index (χ4n) is 3.37. The van der Waals surface area contributed by atoms with Crippen molar-refractivity contribution in [3.05, 3.63) is 35.4 Å². The van der Waals surface area contributed by atoms with E-state index < -0.39 is 23.8 Å². The molecule has 2 rings (SSSR count). The summed E-state index contributed by atoms with van der Waals surface area (Å²) in [5.74, 6) is -1.15. The molecular weight excluding hydrogens is 395 g/mol. The minimum Gasteiger partial charge on any atom is -0.480 e. The number of likely N-dealkylation sites (tertiary alicyclic amines) is 1. The van der Waals surface area contributed by atoms with Crippen LogP contribution in [0.2, 0.25) is 0 Å². The molecule has 1 aliphatic heterocycles. The molecule has 1 fully saturated rings. The monoisotopic (exact) mass is 417 g/mol. The van der Waals surface area contributed by atoms with E-state index in [9.17, 15) is 32.7 Å². The predicted molar refractivity (Wildman–Crippen MR) is 98.8 cm³/mol. The number of alkyl halides is 3. The van der Waals surface area contributed by atoms with E-state index in [1.165, 1.54) is 17.9 Å². The summed E-state index contributed by atoms with van der Waals surface area (Å²) in [4.78, 5) is 36.1. The number of carbonyl (C=O) groups excluding carboxylic acids is 2. The van der Waals surface area contributed by atoms with E-state index in [2.05, 4.69) is 0 Å². The Hall–Kier alpha value is -2.03. The predicted octanol–water partition coefficient (Wildman–Crippen LogP) is 3.61. The number of carboxylic acids is 1. The Morgan fingerprint density at radius 2 is 2.00 bits per heavy atom. The third-order valence-electron chi connectivity index (χ3n) is 4.61. The molecule has 9 heteroatoms. The third-order valence-corrected chi connectivity index (χ3v) is 5.51. The maximum Gasteiger partial charge on any atom is 0.416 e. The van der Waals surface area contributed by atoms with Gasteiger partial charge in [-0.2, -0.15) is 13.2 Å². The van der Waals surface area contributed by atoms with Crippen LogP contribution >= 0.6 is 11.8 Å². The maximum atomic E-state index is 12.9. The maximum absolute atomic E-state index is 12.9. The summed E-state index contributed by atoms with van der Waals surface area (Å²) in [5.41, 5.74) is -0.273. The van der Waals surface area contributed by atoms with Crippen LogP contribution in [0.1, 0.15) is 37.3 Å². The van der Waals surface area contributed by atoms with Gasteiger partial charge in [0.25, 0.3) is 0 Å². The minimum absolute atomic E-state index is 0.0433. The van der Waals surface area contributed by atoms with Crippen molar-refractivity contribution in [3.63, 3.8) is 0 Å². The summed E-state index contributed by atoms with van der Waals surface area (Å²) >= 11 is 1.11. The number of carboxylic acid groups (broad SMARTS) is 1. The van der Waals surface area contributed by atoms with Crippen LogP contribution in [0.15, 0.2) is 24.3 Å². The van der Waals surface area contributed by atoms with E-state index in [4.69, 9.17) is 0 Å². The van der Waals surface area contributed by atoms with Gasteiger partial charge in [-0.25, -0.2) is 4.79 Å². The first-order valence-corrected chi connectivity index (χ1v) is 9.88. The molecule has 1 amide bonds. The van der Waals surface area contributed by atoms with Gasteiger partial charge in [-0.3, -0.25) is 9.59 Å². The molecule has 28 heavy (non-hydrogen) atoms. The fraction of sp³-hybridized carbons (Fsp3) is 0.526. The van der Waals surface area contributed by atoms with Crippen LogP contribution in [0.25, 0.3) is 0 Å². The third kappa shape index (κ3) is 6.25. The number of aliphatic carboxylic acids is 1. The first-order valence-electron chi connectivity index (χ1n) is 8.89. The molecule has 1 N–H and O–H groups in total. The van der Waals surface area contributed by atoms with Gasteiger partial charge in [-0.05, 0) is 36.8 Å². The van der Waals surface area contributed by atoms with Gasteiger partial charge in [0.15, 0.2) is 5.12 Å². The summed E-state index contributed by atoms with van der Waals surface area (Å²) in [7, 11) is 0. The van der Waals surface area contributed by atoms with Crippen molar-refractivity contribution in [2.75, 3.05) is 12.3 Å². The second kappa shape index (κ2) is 9.45. The molecule has 1 aromatic carbocycles. The summed E-state index contributed by atoms with van der Waals surface area (Å²) < 4.78 is 38.6. The Morgan fingerprint density at radius 1 is 1.29 bits per heavy atom. The van der Waals surface area contributed by atoms with Crippen LogP contribution in [-0.4, -0.2) is 45.3 Å². The summed E-state index contributed by atoms with van der Waals surface area (Å²) in [6.07, 6.45) is -3.35. The van der Waals surface area contributed by atoms with Crippen molar-refractivity contribution in [3.8, 4) is 0 Å². The lowest BCUT2D eigenvalue weighted by atomic mass is 9.95. The molecule has 0 aromatic heterocycles. The fourth-order valence-corrected chi connectivity index (χ4v) is 3.95. The number of halogens is 3. The van der Waals surface area contributed by atoms with Crippen LogP contribution in [0.4, 0.5) is 13.2 Å². The molecule has 0 aliphatic carbocycles. The molecule has 1 heterocycles. The highest BCUT2D eigenvalue weighted by Gasteiger charge is 2.39. The number of hydrogen-bond donors (Lipinski definition) is 1. The van der Waals surface area contributed by atoms with E-state index in [-0.39, 0.29) is 42.7 Å². The van der Waals surface area contributed by atoms with Crippen molar-refractivity contribution in [2.45, 2.75) is 44.8 Å². The normalized spacial score (nSPS) is 19.6. The number of rotatable bonds is 7. The molecular formula is C19H22F3NO4S. The first-order chi connectivity index (χ1) is 13.1. The first kappa shape index (κ1) is 22.3. The Kier molecular flexibility index (Phi) is 7.51. The summed E-state index contributed by atoms with van der Waals surface area (Å²) in [5, 5.41) is 9.38. The molecule has 154 valence electrons. The lowest BCUT2D eigenvalue weighted by molar-refractivity contribution is -0.148. The summed E-state index contributed by atoms with van der Waals surface area (Å²) in [6, 6.07) is 4.00. The average Bonchev–Trinajstić information content (AvgIpc) is 3.02. The van der Waals surface area contributed by atoms with E-state index in [1.807, 2.05) is 0 Å². The lowest BCUT2D eigenvalue weighted by Crippen LogP contribution is -2.40. The highest BCUT2D eigenvalue weighted by atomic mass is 32.2. The number of benzene rings is 1. The van der Waals surface area contributed by atoms with Crippen LogP contribution in [0.5, 0.6) is 0 Å². The molecule has 5 nitrogen and oxygen atoms in total. The van der Waals surface area contributed by atoms with Crippen LogP contribution in [0.3, 0.4) is 0 Å². The topological polar surface area (TPSA) is 74.7 Å². The van der Waals surface area contributed by atoms with E-state index in [0.29, 0.717) is 17.7 Å². The van der Waals surface area contributed by atoms with Crippen LogP contribution in [0, 0.1) is 5.92 Å². The Bertz CT molecular complexity index is 738. The van der Waals surface area contributed by atoms with Gasteiger partial charge in [0, 0.05) is 25.6 Å². The van der Waals surface area contributed by atoms with Gasteiger partial charge in [0.05, 0.1) is 5.56 Å². The molecule has 2 atom stereocenters. The molecule has 0 saturated carbocycles. The van der Waals surface area contributed by atoms with Crippen molar-refractivity contribution >= 4 is 28.8 Å². The van der Waals surface area contributed by atoms with Gasteiger partial charge in [-0.1, -0.05) is 30.0 Å². The molecule has 0 spiro atoms. The Balaban J connectivity index is 2.00. The largest absolute Gasteiger partial charge is 0.480 e. The Labute approximate surface area is 165 Å². The zero-order valence-corrected chi connectivity index (χ0v) is 16.2. The second-order valence-corrected chi connectivity index (χ2v) is 8.12. The molecule has 0 bridgehead atoms. The highest BCUT2D eigenvalue weighted by molar-refractivity contribution is 8.13. The quantitative estimate of drug-likeness (QED) is 0.686. The van der Waals surface area contributed by atoms with Gasteiger partial charge in [-0.15, -0.1) is 0 Å². The van der Waals surface area contributed by atoms with E-state index in [0.717, 1.165) is 23.9 Å². The Morgan fingerprint density at radius 3 is 2.61 bits per heavy atom. The van der Waals surface area contributed by atoms with Crippen LogP contribution in [-0.2, 0) is 27.0 Å². The van der Waals surface area contributed by atoms with Crippen molar-refractivity contribution in [2.24, 2.45) is 5.92 Å². The summed E-state index contributed by atoms with van der Waals surface area (Å²) in [6.45, 7) is 1.64. The van der Waals surface area contributed by atoms with Crippen molar-refractivity contribution < 1.29 is 32.7 Å². The number of nitrogens with zero attached hydrogens (tertiary/aromatic N) is 1.